The number of nitrogens with two attached hydrogens (primary N) is 1. The smallest absolute Gasteiger partial charge is 0.224 e. The summed E-state index contributed by atoms with van der Waals surface area (Å²) in [7, 11) is 3.22. The van der Waals surface area contributed by atoms with Crippen LogP contribution >= 0.6 is 15.9 Å². The second kappa shape index (κ2) is 7.92. The molecule has 2 aromatic carbocycles. The largest absolute Gasteiger partial charge is 0.493 e. The lowest BCUT2D eigenvalue weighted by Crippen LogP contribution is -2.02. The molecular formula is C21H18BrN5O2. The number of nitrogens with zero attached hydrogens (tertiary/aromatic N) is 3. The van der Waals surface area contributed by atoms with E-state index in [0.717, 1.165) is 26.7 Å². The fourth-order valence-electron chi connectivity index (χ4n) is 3.00. The van der Waals surface area contributed by atoms with Crippen LogP contribution in [0.3, 0.4) is 0 Å². The van der Waals surface area contributed by atoms with Gasteiger partial charge in [0.2, 0.25) is 5.95 Å². The van der Waals surface area contributed by atoms with Crippen molar-refractivity contribution in [2.45, 2.75) is 0 Å². The predicted octanol–water partition coefficient (Wildman–Crippen LogP) is 4.80. The van der Waals surface area contributed by atoms with Crippen molar-refractivity contribution in [3.63, 3.8) is 0 Å². The summed E-state index contributed by atoms with van der Waals surface area (Å²) in [5.41, 5.74) is 9.09. The highest BCUT2D eigenvalue weighted by molar-refractivity contribution is 9.10. The molecular weight excluding hydrogens is 434 g/mol. The van der Waals surface area contributed by atoms with Crippen LogP contribution < -0.4 is 20.5 Å². The molecule has 0 aliphatic carbocycles. The van der Waals surface area contributed by atoms with E-state index in [0.29, 0.717) is 23.0 Å². The molecule has 0 unspecified atom stereocenters. The predicted molar refractivity (Wildman–Crippen MR) is 118 cm³/mol. The second-order valence-corrected chi connectivity index (χ2v) is 7.15. The third-order valence-electron chi connectivity index (χ3n) is 4.37. The Hall–Kier alpha value is -3.39. The van der Waals surface area contributed by atoms with Gasteiger partial charge in [0.1, 0.15) is 5.82 Å². The van der Waals surface area contributed by atoms with Gasteiger partial charge in [0.15, 0.2) is 17.1 Å². The minimum Gasteiger partial charge on any atom is -0.493 e. The van der Waals surface area contributed by atoms with E-state index in [1.54, 1.807) is 20.4 Å². The normalized spacial score (nSPS) is 10.7. The van der Waals surface area contributed by atoms with Crippen LogP contribution in [0, 0.1) is 0 Å². The van der Waals surface area contributed by atoms with Gasteiger partial charge in [-0.2, -0.15) is 9.97 Å². The van der Waals surface area contributed by atoms with Gasteiger partial charge in [-0.3, -0.25) is 0 Å². The van der Waals surface area contributed by atoms with Crippen molar-refractivity contribution in [1.82, 2.24) is 15.0 Å². The number of halogens is 1. The number of rotatable bonds is 5. The molecule has 7 nitrogen and oxygen atoms in total. The number of hydrogen-bond donors (Lipinski definition) is 2. The average Bonchev–Trinajstić information content (AvgIpc) is 2.73. The SMILES string of the molecule is COc1ccc(-c2cnc3nc(N)nc(Nc4cccc(Br)c4)c3c2)cc1OC. The Kier molecular flexibility index (Phi) is 5.18. The molecule has 29 heavy (non-hydrogen) atoms. The summed E-state index contributed by atoms with van der Waals surface area (Å²) in [5.74, 6) is 2.05. The zero-order valence-corrected chi connectivity index (χ0v) is 17.4. The molecule has 0 amide bonds. The van der Waals surface area contributed by atoms with Gasteiger partial charge in [0.05, 0.1) is 19.6 Å². The third kappa shape index (κ3) is 3.93. The standard InChI is InChI=1S/C21H18BrN5O2/c1-28-17-7-6-12(9-18(17)29-2)13-8-16-19(24-11-13)26-21(23)27-20(16)25-15-5-3-4-14(22)10-15/h3-11H,1-2H3,(H3,23,24,25,26,27). The highest BCUT2D eigenvalue weighted by atomic mass is 79.9. The summed E-state index contributed by atoms with van der Waals surface area (Å²) in [6.45, 7) is 0. The molecule has 3 N–H and O–H groups in total. The van der Waals surface area contributed by atoms with Crippen molar-refractivity contribution in [2.24, 2.45) is 0 Å². The van der Waals surface area contributed by atoms with Crippen molar-refractivity contribution in [3.05, 3.63) is 59.2 Å². The Labute approximate surface area is 176 Å². The van der Waals surface area contributed by atoms with Crippen LogP contribution in [0.4, 0.5) is 17.5 Å². The van der Waals surface area contributed by atoms with Crippen LogP contribution in [0.2, 0.25) is 0 Å². The van der Waals surface area contributed by atoms with Gasteiger partial charge in [0, 0.05) is 21.9 Å². The molecule has 0 saturated heterocycles. The molecule has 2 heterocycles. The summed E-state index contributed by atoms with van der Waals surface area (Å²) < 4.78 is 11.7. The minimum absolute atomic E-state index is 0.154. The van der Waals surface area contributed by atoms with Crippen molar-refractivity contribution in [2.75, 3.05) is 25.3 Å². The van der Waals surface area contributed by atoms with Gasteiger partial charge >= 0.3 is 0 Å². The van der Waals surface area contributed by atoms with E-state index in [2.05, 4.69) is 36.2 Å². The highest BCUT2D eigenvalue weighted by Gasteiger charge is 2.12. The molecule has 4 rings (SSSR count). The number of methoxy groups -OCH3 is 2. The van der Waals surface area contributed by atoms with E-state index >= 15 is 0 Å². The second-order valence-electron chi connectivity index (χ2n) is 6.23. The first-order valence-corrected chi connectivity index (χ1v) is 9.55. The summed E-state index contributed by atoms with van der Waals surface area (Å²) in [6, 6.07) is 15.5. The van der Waals surface area contributed by atoms with Crippen LogP contribution in [0.15, 0.2) is 59.2 Å². The van der Waals surface area contributed by atoms with Crippen LogP contribution in [0.5, 0.6) is 11.5 Å². The lowest BCUT2D eigenvalue weighted by atomic mass is 10.1. The molecule has 0 bridgehead atoms. The summed E-state index contributed by atoms with van der Waals surface area (Å²) in [4.78, 5) is 13.1. The molecule has 146 valence electrons. The van der Waals surface area contributed by atoms with E-state index < -0.39 is 0 Å². The monoisotopic (exact) mass is 451 g/mol. The molecule has 4 aromatic rings. The lowest BCUT2D eigenvalue weighted by Gasteiger charge is -2.12. The average molecular weight is 452 g/mol. The summed E-state index contributed by atoms with van der Waals surface area (Å²) in [6.07, 6.45) is 1.75. The maximum absolute atomic E-state index is 5.89. The highest BCUT2D eigenvalue weighted by Crippen LogP contribution is 2.34. The number of ether oxygens (including phenoxy) is 2. The van der Waals surface area contributed by atoms with Gasteiger partial charge in [-0.05, 0) is 42.0 Å². The minimum atomic E-state index is 0.154. The Morgan fingerprint density at radius 1 is 0.931 bits per heavy atom. The van der Waals surface area contributed by atoms with Crippen molar-refractivity contribution >= 4 is 44.4 Å². The number of anilines is 3. The fraction of sp³-hybridized carbons (Fsp3) is 0.0952. The van der Waals surface area contributed by atoms with Gasteiger partial charge in [0.25, 0.3) is 0 Å². The molecule has 0 aliphatic rings. The molecule has 0 aliphatic heterocycles. The quantitative estimate of drug-likeness (QED) is 0.449. The first-order chi connectivity index (χ1) is 14.1. The van der Waals surface area contributed by atoms with Crippen LogP contribution in [0.1, 0.15) is 0 Å². The van der Waals surface area contributed by atoms with E-state index in [9.17, 15) is 0 Å². The Morgan fingerprint density at radius 3 is 2.52 bits per heavy atom. The zero-order chi connectivity index (χ0) is 20.4. The van der Waals surface area contributed by atoms with Crippen LogP contribution in [-0.4, -0.2) is 29.2 Å². The number of pyridine rings is 1. The maximum Gasteiger partial charge on any atom is 0.224 e. The number of aromatic nitrogens is 3. The summed E-state index contributed by atoms with van der Waals surface area (Å²) in [5, 5.41) is 4.06. The first-order valence-electron chi connectivity index (χ1n) is 8.75. The van der Waals surface area contributed by atoms with Crippen LogP contribution in [0.25, 0.3) is 22.2 Å². The number of nitrogens with one attached hydrogen (secondary N) is 1. The van der Waals surface area contributed by atoms with E-state index in [1.165, 1.54) is 0 Å². The van der Waals surface area contributed by atoms with E-state index in [4.69, 9.17) is 15.2 Å². The molecule has 2 aromatic heterocycles. The first kappa shape index (κ1) is 18.9. The molecule has 0 atom stereocenters. The number of fused-ring (bicyclic) bond motifs is 1. The molecule has 0 saturated carbocycles. The molecule has 0 spiro atoms. The number of benzene rings is 2. The Balaban J connectivity index is 1.81. The molecule has 0 radical (unpaired) electrons. The number of hydrogen-bond acceptors (Lipinski definition) is 7. The molecule has 8 heteroatoms. The van der Waals surface area contributed by atoms with Gasteiger partial charge in [-0.25, -0.2) is 4.98 Å². The Bertz CT molecular complexity index is 1200. The number of nitrogen functional groups attached to an aromatic ring is 1. The van der Waals surface area contributed by atoms with E-state index in [1.807, 2.05) is 48.5 Å². The molecule has 0 fully saturated rings. The Morgan fingerprint density at radius 2 is 1.76 bits per heavy atom. The van der Waals surface area contributed by atoms with Crippen molar-refractivity contribution in [1.29, 1.82) is 0 Å². The maximum atomic E-state index is 5.89. The zero-order valence-electron chi connectivity index (χ0n) is 15.8. The van der Waals surface area contributed by atoms with Gasteiger partial charge in [-0.1, -0.05) is 28.1 Å². The summed E-state index contributed by atoms with van der Waals surface area (Å²) >= 11 is 3.48. The lowest BCUT2D eigenvalue weighted by molar-refractivity contribution is 0.355. The van der Waals surface area contributed by atoms with Gasteiger partial charge in [-0.15, -0.1) is 0 Å². The van der Waals surface area contributed by atoms with E-state index in [-0.39, 0.29) is 5.95 Å². The van der Waals surface area contributed by atoms with Crippen molar-refractivity contribution < 1.29 is 9.47 Å². The fourth-order valence-corrected chi connectivity index (χ4v) is 3.40. The van der Waals surface area contributed by atoms with Gasteiger partial charge < -0.3 is 20.5 Å². The van der Waals surface area contributed by atoms with Crippen molar-refractivity contribution in [3.8, 4) is 22.6 Å². The van der Waals surface area contributed by atoms with Crippen LogP contribution in [-0.2, 0) is 0 Å². The third-order valence-corrected chi connectivity index (χ3v) is 4.87. The topological polar surface area (TPSA) is 95.2 Å².